The predicted octanol–water partition coefficient (Wildman–Crippen LogP) is 6.03. The van der Waals surface area contributed by atoms with Gasteiger partial charge < -0.3 is 14.6 Å². The number of carboxylic acid groups (broad SMARTS) is 1. The van der Waals surface area contributed by atoms with E-state index in [9.17, 15) is 19.5 Å². The second kappa shape index (κ2) is 15.5. The number of esters is 2. The van der Waals surface area contributed by atoms with E-state index in [2.05, 4.69) is 11.7 Å². The normalized spacial score (nSPS) is 10.6. The van der Waals surface area contributed by atoms with Crippen LogP contribution in [0.3, 0.4) is 0 Å². The van der Waals surface area contributed by atoms with Crippen molar-refractivity contribution in [2.75, 3.05) is 13.7 Å². The average molecular weight is 421 g/mol. The Kier molecular flexibility index (Phi) is 13.2. The zero-order valence-electron chi connectivity index (χ0n) is 18.4. The summed E-state index contributed by atoms with van der Waals surface area (Å²) >= 11 is 0. The van der Waals surface area contributed by atoms with Crippen LogP contribution < -0.4 is 0 Å². The molecule has 0 spiro atoms. The fourth-order valence-electron chi connectivity index (χ4n) is 3.33. The molecule has 0 heterocycles. The van der Waals surface area contributed by atoms with Crippen LogP contribution in [0.15, 0.2) is 18.2 Å². The second-order valence-corrected chi connectivity index (χ2v) is 7.58. The molecule has 0 fully saturated rings. The highest BCUT2D eigenvalue weighted by Crippen LogP contribution is 2.16. The minimum absolute atomic E-state index is 0.111. The van der Waals surface area contributed by atoms with Crippen LogP contribution in [0.2, 0.25) is 0 Å². The zero-order valence-corrected chi connectivity index (χ0v) is 18.4. The molecular weight excluding hydrogens is 384 g/mol. The first-order valence-electron chi connectivity index (χ1n) is 11.1. The highest BCUT2D eigenvalue weighted by Gasteiger charge is 2.20. The number of aromatic carboxylic acids is 1. The van der Waals surface area contributed by atoms with Gasteiger partial charge in [-0.05, 0) is 24.6 Å². The maximum absolute atomic E-state index is 12.3. The van der Waals surface area contributed by atoms with Gasteiger partial charge in [-0.3, -0.25) is 0 Å². The van der Waals surface area contributed by atoms with E-state index < -0.39 is 17.9 Å². The van der Waals surface area contributed by atoms with Crippen LogP contribution in [0.4, 0.5) is 0 Å². The van der Waals surface area contributed by atoms with Crippen LogP contribution in [0.5, 0.6) is 0 Å². The molecule has 0 aromatic heterocycles. The van der Waals surface area contributed by atoms with Gasteiger partial charge in [-0.25, -0.2) is 14.4 Å². The molecule has 1 aromatic rings. The van der Waals surface area contributed by atoms with Gasteiger partial charge in [0.15, 0.2) is 0 Å². The predicted molar refractivity (Wildman–Crippen MR) is 116 cm³/mol. The summed E-state index contributed by atoms with van der Waals surface area (Å²) in [5, 5.41) is 9.26. The summed E-state index contributed by atoms with van der Waals surface area (Å²) in [6.07, 6.45) is 14.5. The van der Waals surface area contributed by atoms with Gasteiger partial charge in [-0.1, -0.05) is 77.6 Å². The maximum Gasteiger partial charge on any atom is 0.339 e. The molecule has 30 heavy (non-hydrogen) atoms. The van der Waals surface area contributed by atoms with Gasteiger partial charge in [0.1, 0.15) is 0 Å². The Bertz CT molecular complexity index is 668. The number of carbonyl (C=O) groups is 3. The number of ether oxygens (including phenoxy) is 2. The SMILES string of the molecule is CCCCCCCCCCCCCCOC(=O)c1cc(C(=O)OC)ccc1C(=O)O. The number of methoxy groups -OCH3 is 1. The van der Waals surface area contributed by atoms with Gasteiger partial charge in [0, 0.05) is 0 Å². The Hall–Kier alpha value is -2.37. The lowest BCUT2D eigenvalue weighted by molar-refractivity contribution is 0.0487. The highest BCUT2D eigenvalue weighted by atomic mass is 16.5. The molecule has 0 radical (unpaired) electrons. The summed E-state index contributed by atoms with van der Waals surface area (Å²) in [7, 11) is 1.22. The second-order valence-electron chi connectivity index (χ2n) is 7.58. The van der Waals surface area contributed by atoms with Crippen molar-refractivity contribution in [3.8, 4) is 0 Å². The number of hydrogen-bond acceptors (Lipinski definition) is 5. The van der Waals surface area contributed by atoms with Gasteiger partial charge in [-0.15, -0.1) is 0 Å². The van der Waals surface area contributed by atoms with Crippen molar-refractivity contribution >= 4 is 17.9 Å². The molecule has 6 nitrogen and oxygen atoms in total. The largest absolute Gasteiger partial charge is 0.478 e. The molecule has 168 valence electrons. The van der Waals surface area contributed by atoms with Gasteiger partial charge in [0.2, 0.25) is 0 Å². The van der Waals surface area contributed by atoms with Crippen molar-refractivity contribution in [2.24, 2.45) is 0 Å². The lowest BCUT2D eigenvalue weighted by Crippen LogP contribution is -2.14. The maximum atomic E-state index is 12.3. The number of unbranched alkanes of at least 4 members (excludes halogenated alkanes) is 11. The van der Waals surface area contributed by atoms with E-state index >= 15 is 0 Å². The van der Waals surface area contributed by atoms with Crippen molar-refractivity contribution in [2.45, 2.75) is 84.0 Å². The molecule has 0 atom stereocenters. The Balaban J connectivity index is 2.25. The van der Waals surface area contributed by atoms with Crippen LogP contribution in [-0.4, -0.2) is 36.7 Å². The van der Waals surface area contributed by atoms with Crippen molar-refractivity contribution in [3.63, 3.8) is 0 Å². The van der Waals surface area contributed by atoms with Crippen molar-refractivity contribution in [3.05, 3.63) is 34.9 Å². The summed E-state index contributed by atoms with van der Waals surface area (Å²) in [6.45, 7) is 2.47. The van der Waals surface area contributed by atoms with Crippen LogP contribution >= 0.6 is 0 Å². The monoisotopic (exact) mass is 420 g/mol. The number of rotatable bonds is 16. The summed E-state index contributed by atoms with van der Waals surface area (Å²) in [4.78, 5) is 35.3. The van der Waals surface area contributed by atoms with E-state index in [1.54, 1.807) is 0 Å². The quantitative estimate of drug-likeness (QED) is 0.259. The number of benzene rings is 1. The van der Waals surface area contributed by atoms with E-state index in [0.717, 1.165) is 19.3 Å². The molecule has 0 bridgehead atoms. The van der Waals surface area contributed by atoms with Crippen LogP contribution in [0.1, 0.15) is 115 Å². The van der Waals surface area contributed by atoms with Crippen molar-refractivity contribution in [1.82, 2.24) is 0 Å². The molecule has 0 aliphatic rings. The highest BCUT2D eigenvalue weighted by molar-refractivity contribution is 6.04. The Morgan fingerprint density at radius 2 is 1.30 bits per heavy atom. The number of carbonyl (C=O) groups excluding carboxylic acids is 2. The summed E-state index contributed by atoms with van der Waals surface area (Å²) in [6, 6.07) is 3.74. The van der Waals surface area contributed by atoms with E-state index in [-0.39, 0.29) is 23.3 Å². The molecule has 0 amide bonds. The summed E-state index contributed by atoms with van der Waals surface area (Å²) < 4.78 is 9.84. The Labute approximate surface area is 180 Å². The van der Waals surface area contributed by atoms with E-state index in [1.165, 1.54) is 83.1 Å². The molecule has 0 aliphatic heterocycles. The van der Waals surface area contributed by atoms with E-state index in [4.69, 9.17) is 4.74 Å². The molecule has 0 aliphatic carbocycles. The fraction of sp³-hybridized carbons (Fsp3) is 0.625. The van der Waals surface area contributed by atoms with Gasteiger partial charge in [-0.2, -0.15) is 0 Å². The Morgan fingerprint density at radius 1 is 0.767 bits per heavy atom. The third-order valence-corrected chi connectivity index (χ3v) is 5.12. The molecule has 6 heteroatoms. The fourth-order valence-corrected chi connectivity index (χ4v) is 3.33. The third-order valence-electron chi connectivity index (χ3n) is 5.12. The number of hydrogen-bond donors (Lipinski definition) is 1. The standard InChI is InChI=1S/C24H36O6/c1-3-4-5-6-7-8-9-10-11-12-13-14-17-30-24(28)21-18-19(23(27)29-2)15-16-20(21)22(25)26/h15-16,18H,3-14,17H2,1-2H3,(H,25,26). The van der Waals surface area contributed by atoms with E-state index in [0.29, 0.717) is 0 Å². The van der Waals surface area contributed by atoms with Crippen LogP contribution in [0, 0.1) is 0 Å². The first-order valence-corrected chi connectivity index (χ1v) is 11.1. The minimum Gasteiger partial charge on any atom is -0.478 e. The first-order chi connectivity index (χ1) is 14.5. The zero-order chi connectivity index (χ0) is 22.2. The third kappa shape index (κ3) is 9.90. The van der Waals surface area contributed by atoms with Crippen molar-refractivity contribution < 1.29 is 29.0 Å². The topological polar surface area (TPSA) is 89.9 Å². The van der Waals surface area contributed by atoms with Gasteiger partial charge in [0.05, 0.1) is 30.4 Å². The smallest absolute Gasteiger partial charge is 0.339 e. The molecule has 1 aromatic carbocycles. The molecule has 0 saturated heterocycles. The van der Waals surface area contributed by atoms with Gasteiger partial charge in [0.25, 0.3) is 0 Å². The molecule has 0 saturated carbocycles. The first kappa shape index (κ1) is 25.7. The van der Waals surface area contributed by atoms with Gasteiger partial charge >= 0.3 is 17.9 Å². The lowest BCUT2D eigenvalue weighted by atomic mass is 10.0. The molecule has 1 N–H and O–H groups in total. The molecule has 0 unspecified atom stereocenters. The molecular formula is C24H36O6. The summed E-state index contributed by atoms with van der Waals surface area (Å²) in [5.41, 5.74) is -0.216. The van der Waals surface area contributed by atoms with Crippen LogP contribution in [0.25, 0.3) is 0 Å². The Morgan fingerprint density at radius 3 is 1.80 bits per heavy atom. The van der Waals surface area contributed by atoms with E-state index in [1.807, 2.05) is 0 Å². The summed E-state index contributed by atoms with van der Waals surface area (Å²) in [5.74, 6) is -2.62. The lowest BCUT2D eigenvalue weighted by Gasteiger charge is -2.09. The minimum atomic E-state index is -1.25. The van der Waals surface area contributed by atoms with Crippen LogP contribution in [-0.2, 0) is 9.47 Å². The average Bonchev–Trinajstić information content (AvgIpc) is 2.75. The molecule has 1 rings (SSSR count). The number of carboxylic acids is 1. The van der Waals surface area contributed by atoms with Crippen molar-refractivity contribution in [1.29, 1.82) is 0 Å².